The van der Waals surface area contributed by atoms with Gasteiger partial charge in [-0.05, 0) is 38.6 Å². The number of nitrogens with zero attached hydrogens (tertiary/aromatic N) is 1. The number of carboxylic acid groups (broad SMARTS) is 1. The van der Waals surface area contributed by atoms with Crippen molar-refractivity contribution in [2.24, 2.45) is 0 Å². The van der Waals surface area contributed by atoms with Crippen LogP contribution >= 0.6 is 0 Å². The molecular weight excluding hydrogens is 557 g/mol. The van der Waals surface area contributed by atoms with Crippen molar-refractivity contribution in [2.45, 2.75) is 50.7 Å². The summed E-state index contributed by atoms with van der Waals surface area (Å²) in [5.41, 5.74) is 0. The number of carbonyl (C=O) groups is 5. The van der Waals surface area contributed by atoms with Crippen molar-refractivity contribution in [1.29, 1.82) is 0 Å². The van der Waals surface area contributed by atoms with Crippen molar-refractivity contribution < 1.29 is 56.5 Å². The number of carbonyl (C=O) groups excluding carboxylic acids is 4. The lowest BCUT2D eigenvalue weighted by molar-refractivity contribution is -0.192. The van der Waals surface area contributed by atoms with Crippen LogP contribution in [0.15, 0.2) is 12.2 Å². The zero-order valence-electron chi connectivity index (χ0n) is 22.8. The quantitative estimate of drug-likeness (QED) is 0.119. The minimum Gasteiger partial charge on any atom is -0.475 e. The maximum absolute atomic E-state index is 11.8. The molecule has 0 aromatic carbocycles. The van der Waals surface area contributed by atoms with E-state index in [2.05, 4.69) is 16.0 Å². The molecule has 1 saturated heterocycles. The summed E-state index contributed by atoms with van der Waals surface area (Å²) in [5, 5.41) is 16.0. The average molecular weight is 597 g/mol. The van der Waals surface area contributed by atoms with Gasteiger partial charge in [-0.2, -0.15) is 13.2 Å². The highest BCUT2D eigenvalue weighted by Gasteiger charge is 2.38. The van der Waals surface area contributed by atoms with Crippen molar-refractivity contribution in [3.63, 3.8) is 0 Å². The molecule has 0 radical (unpaired) electrons. The van der Waals surface area contributed by atoms with Gasteiger partial charge in [0.2, 0.25) is 11.8 Å². The smallest absolute Gasteiger partial charge is 0.475 e. The lowest BCUT2D eigenvalue weighted by Gasteiger charge is -2.13. The Morgan fingerprint density at radius 3 is 1.90 bits per heavy atom. The predicted molar refractivity (Wildman–Crippen MR) is 138 cm³/mol. The number of carboxylic acids is 1. The van der Waals surface area contributed by atoms with Gasteiger partial charge < -0.3 is 35.3 Å². The van der Waals surface area contributed by atoms with Crippen molar-refractivity contribution in [2.75, 3.05) is 65.8 Å². The molecule has 2 rings (SSSR count). The lowest BCUT2D eigenvalue weighted by atomic mass is 10.2. The van der Waals surface area contributed by atoms with Gasteiger partial charge in [0.1, 0.15) is 0 Å². The van der Waals surface area contributed by atoms with E-state index in [1.807, 2.05) is 0 Å². The van der Waals surface area contributed by atoms with Crippen LogP contribution in [0.5, 0.6) is 0 Å². The normalized spacial score (nSPS) is 16.5. The van der Waals surface area contributed by atoms with Crippen LogP contribution in [0, 0.1) is 0 Å². The van der Waals surface area contributed by atoms with Crippen molar-refractivity contribution in [1.82, 2.24) is 20.9 Å². The standard InChI is InChI=1S/C23H38N4O7.C2HF3O2/c28-20(6-2-12-27-21(29)7-8-22(27)30)25-10-3-13-32-15-17-34-18-16-33-14-4-11-26-23(31)19-5-1-9-24-19;3-2(4,5)1(6)7/h7-8,19,24H,1-6,9-18H2,(H,25,28)(H,26,31);(H,6,7)/t19-;/m0./s1. The third-order valence-corrected chi connectivity index (χ3v) is 5.60. The van der Waals surface area contributed by atoms with Crippen LogP contribution in [0.3, 0.4) is 0 Å². The summed E-state index contributed by atoms with van der Waals surface area (Å²) in [5.74, 6) is -3.44. The molecule has 2 aliphatic rings. The number of ether oxygens (including phenoxy) is 3. The molecule has 4 N–H and O–H groups in total. The molecule has 1 fully saturated rings. The highest BCUT2D eigenvalue weighted by atomic mass is 19.4. The fourth-order valence-corrected chi connectivity index (χ4v) is 3.50. The highest BCUT2D eigenvalue weighted by Crippen LogP contribution is 2.13. The first-order valence-electron chi connectivity index (χ1n) is 13.4. The molecule has 13 nitrogen and oxygen atoms in total. The summed E-state index contributed by atoms with van der Waals surface area (Å²) < 4.78 is 48.1. The first-order chi connectivity index (χ1) is 19.5. The number of rotatable bonds is 19. The average Bonchev–Trinajstić information content (AvgIpc) is 3.57. The molecule has 0 spiro atoms. The van der Waals surface area contributed by atoms with Crippen molar-refractivity contribution in [3.8, 4) is 0 Å². The Labute approximate surface area is 236 Å². The van der Waals surface area contributed by atoms with Crippen molar-refractivity contribution in [3.05, 3.63) is 12.2 Å². The molecule has 0 bridgehead atoms. The van der Waals surface area contributed by atoms with Crippen LogP contribution in [-0.2, 0) is 38.2 Å². The molecule has 4 amide bonds. The van der Waals surface area contributed by atoms with E-state index < -0.39 is 12.1 Å². The van der Waals surface area contributed by atoms with E-state index >= 15 is 0 Å². The van der Waals surface area contributed by atoms with Crippen LogP contribution in [-0.4, -0.2) is 118 Å². The van der Waals surface area contributed by atoms with Gasteiger partial charge in [0.15, 0.2) is 0 Å². The second-order valence-electron chi connectivity index (χ2n) is 8.90. The van der Waals surface area contributed by atoms with Crippen LogP contribution in [0.1, 0.15) is 38.5 Å². The second kappa shape index (κ2) is 20.7. The Morgan fingerprint density at radius 2 is 1.41 bits per heavy atom. The maximum Gasteiger partial charge on any atom is 0.490 e. The van der Waals surface area contributed by atoms with E-state index in [0.29, 0.717) is 65.6 Å². The maximum atomic E-state index is 11.8. The summed E-state index contributed by atoms with van der Waals surface area (Å²) in [6.45, 7) is 5.33. The van der Waals surface area contributed by atoms with Gasteiger partial charge in [0, 0.05) is 51.4 Å². The predicted octanol–water partition coefficient (Wildman–Crippen LogP) is 0.139. The molecule has 41 heavy (non-hydrogen) atoms. The van der Waals surface area contributed by atoms with Gasteiger partial charge in [-0.3, -0.25) is 24.1 Å². The van der Waals surface area contributed by atoms with Crippen LogP contribution in [0.2, 0.25) is 0 Å². The van der Waals surface area contributed by atoms with Gasteiger partial charge in [-0.25, -0.2) is 4.79 Å². The molecule has 1 atom stereocenters. The Balaban J connectivity index is 0.00000106. The van der Waals surface area contributed by atoms with Gasteiger partial charge in [0.05, 0.1) is 32.5 Å². The number of imide groups is 1. The number of hydrogen-bond donors (Lipinski definition) is 4. The minimum atomic E-state index is -5.08. The molecule has 0 saturated carbocycles. The van der Waals surface area contributed by atoms with Gasteiger partial charge >= 0.3 is 12.1 Å². The summed E-state index contributed by atoms with van der Waals surface area (Å²) in [4.78, 5) is 56.4. The molecule has 2 aliphatic heterocycles. The van der Waals surface area contributed by atoms with Crippen LogP contribution in [0.25, 0.3) is 0 Å². The zero-order chi connectivity index (χ0) is 30.5. The van der Waals surface area contributed by atoms with Gasteiger partial charge in [0.25, 0.3) is 11.8 Å². The molecule has 0 aromatic heterocycles. The number of amides is 4. The van der Waals surface area contributed by atoms with Gasteiger partial charge in [-0.1, -0.05) is 0 Å². The topological polar surface area (TPSA) is 173 Å². The Kier molecular flexibility index (Phi) is 18.2. The number of halogens is 3. The lowest BCUT2D eigenvalue weighted by Crippen LogP contribution is -2.40. The first kappa shape index (κ1) is 35.9. The second-order valence-corrected chi connectivity index (χ2v) is 8.90. The van der Waals surface area contributed by atoms with Crippen molar-refractivity contribution >= 4 is 29.6 Å². The Morgan fingerprint density at radius 1 is 0.902 bits per heavy atom. The summed E-state index contributed by atoms with van der Waals surface area (Å²) >= 11 is 0. The molecule has 0 unspecified atom stereocenters. The molecule has 2 heterocycles. The monoisotopic (exact) mass is 596 g/mol. The molecule has 16 heteroatoms. The van der Waals surface area contributed by atoms with Crippen LogP contribution in [0.4, 0.5) is 13.2 Å². The SMILES string of the molecule is O=C(CCCN1C(=O)C=CC1=O)NCCCOCCOCCOCCCNC(=O)[C@@H]1CCCN1.O=C(O)C(F)(F)F. The van der Waals surface area contributed by atoms with E-state index in [1.165, 1.54) is 12.2 Å². The Bertz CT molecular complexity index is 848. The van der Waals surface area contributed by atoms with E-state index in [-0.39, 0.29) is 42.6 Å². The zero-order valence-corrected chi connectivity index (χ0v) is 22.8. The molecule has 0 aliphatic carbocycles. The van der Waals surface area contributed by atoms with Gasteiger partial charge in [-0.15, -0.1) is 0 Å². The number of nitrogens with one attached hydrogen (secondary N) is 3. The Hall–Kier alpha value is -3.08. The molecular formula is C25H39F3N4O9. The fourth-order valence-electron chi connectivity index (χ4n) is 3.50. The van der Waals surface area contributed by atoms with E-state index in [0.717, 1.165) is 30.7 Å². The first-order valence-corrected chi connectivity index (χ1v) is 13.4. The number of hydrogen-bond acceptors (Lipinski definition) is 9. The van der Waals surface area contributed by atoms with Crippen LogP contribution < -0.4 is 16.0 Å². The third-order valence-electron chi connectivity index (χ3n) is 5.60. The number of alkyl halides is 3. The van der Waals surface area contributed by atoms with E-state index in [1.54, 1.807) is 0 Å². The summed E-state index contributed by atoms with van der Waals surface area (Å²) in [7, 11) is 0. The fraction of sp³-hybridized carbons (Fsp3) is 0.720. The van der Waals surface area contributed by atoms with E-state index in [9.17, 15) is 32.3 Å². The minimum absolute atomic E-state index is 0.0361. The summed E-state index contributed by atoms with van der Waals surface area (Å²) in [6, 6.07) is -0.0361. The molecule has 234 valence electrons. The number of aliphatic carboxylic acids is 1. The third kappa shape index (κ3) is 17.4. The van der Waals surface area contributed by atoms with E-state index in [4.69, 9.17) is 24.1 Å². The molecule has 0 aromatic rings. The summed E-state index contributed by atoms with van der Waals surface area (Å²) in [6.07, 6.45) is 1.52. The largest absolute Gasteiger partial charge is 0.490 e. The highest BCUT2D eigenvalue weighted by molar-refractivity contribution is 6.12.